The Morgan fingerprint density at radius 1 is 1.43 bits per heavy atom. The highest BCUT2D eigenvalue weighted by Crippen LogP contribution is 2.18. The van der Waals surface area contributed by atoms with Gasteiger partial charge in [-0.1, -0.05) is 26.0 Å². The van der Waals surface area contributed by atoms with Crippen LogP contribution in [0.1, 0.15) is 43.6 Å². The molecule has 5 nitrogen and oxygen atoms in total. The molecule has 2 atom stereocenters. The van der Waals surface area contributed by atoms with Crippen LogP contribution in [0.5, 0.6) is 0 Å². The molecule has 0 aromatic carbocycles. The van der Waals surface area contributed by atoms with Crippen molar-refractivity contribution in [2.24, 2.45) is 11.8 Å². The Labute approximate surface area is 138 Å². The molecule has 1 amide bonds. The molecule has 0 saturated carbocycles. The van der Waals surface area contributed by atoms with Crippen LogP contribution in [0.15, 0.2) is 12.2 Å². The first-order valence-electron chi connectivity index (χ1n) is 8.52. The van der Waals surface area contributed by atoms with Gasteiger partial charge in [0.15, 0.2) is 0 Å². The molecule has 1 aliphatic carbocycles. The smallest absolute Gasteiger partial charge is 0.220 e. The Bertz CT molecular complexity index is 575. The largest absolute Gasteiger partial charge is 0.396 e. The Balaban J connectivity index is 1.87. The van der Waals surface area contributed by atoms with Gasteiger partial charge < -0.3 is 10.4 Å². The number of aryl methyl sites for hydroxylation is 1. The molecule has 1 heterocycles. The van der Waals surface area contributed by atoms with Crippen LogP contribution in [-0.4, -0.2) is 33.4 Å². The fourth-order valence-electron chi connectivity index (χ4n) is 3.15. The van der Waals surface area contributed by atoms with E-state index in [1.807, 2.05) is 19.1 Å². The maximum atomic E-state index is 12.1. The van der Waals surface area contributed by atoms with Gasteiger partial charge in [0.1, 0.15) is 0 Å². The first kappa shape index (κ1) is 17.7. The van der Waals surface area contributed by atoms with Crippen LogP contribution >= 0.6 is 0 Å². The number of rotatable bonds is 7. The average Bonchev–Trinajstić information content (AvgIpc) is 3.02. The van der Waals surface area contributed by atoms with Crippen molar-refractivity contribution in [3.05, 3.63) is 29.1 Å². The number of carbonyl (C=O) groups is 1. The zero-order valence-electron chi connectivity index (χ0n) is 14.7. The standard InChI is InChI=1S/C18H29N3O2/c1-12(2)10-21-14(4)17(13(3)20-21)7-8-18(23)19-16-6-5-15(9-16)11-22/h5-6,12,15-16,22H,7-11H2,1-4H3,(H,19,23)/t15-,16+/m0/s1. The third kappa shape index (κ3) is 4.67. The number of amides is 1. The summed E-state index contributed by atoms with van der Waals surface area (Å²) < 4.78 is 2.05. The monoisotopic (exact) mass is 319 g/mol. The lowest BCUT2D eigenvalue weighted by Crippen LogP contribution is -2.33. The molecule has 0 fully saturated rings. The zero-order valence-corrected chi connectivity index (χ0v) is 14.7. The SMILES string of the molecule is Cc1nn(CC(C)C)c(C)c1CCC(=O)N[C@@H]1C=C[C@H](CO)C1. The van der Waals surface area contributed by atoms with E-state index in [2.05, 4.69) is 35.9 Å². The zero-order chi connectivity index (χ0) is 17.0. The van der Waals surface area contributed by atoms with Crippen LogP contribution in [0.4, 0.5) is 0 Å². The van der Waals surface area contributed by atoms with Gasteiger partial charge in [0, 0.05) is 37.2 Å². The van der Waals surface area contributed by atoms with Crippen molar-refractivity contribution in [3.8, 4) is 0 Å². The number of hydrogen-bond acceptors (Lipinski definition) is 3. The Morgan fingerprint density at radius 3 is 2.78 bits per heavy atom. The second kappa shape index (κ2) is 7.77. The number of aromatic nitrogens is 2. The fourth-order valence-corrected chi connectivity index (χ4v) is 3.15. The lowest BCUT2D eigenvalue weighted by atomic mass is 10.1. The fraction of sp³-hybridized carbons (Fsp3) is 0.667. The van der Waals surface area contributed by atoms with E-state index in [-0.39, 0.29) is 24.5 Å². The summed E-state index contributed by atoms with van der Waals surface area (Å²) in [5.74, 6) is 0.797. The van der Waals surface area contributed by atoms with Gasteiger partial charge in [-0.25, -0.2) is 0 Å². The number of hydrogen-bond donors (Lipinski definition) is 2. The van der Waals surface area contributed by atoms with Crippen LogP contribution < -0.4 is 5.32 Å². The molecule has 0 aliphatic heterocycles. The summed E-state index contributed by atoms with van der Waals surface area (Å²) in [4.78, 5) is 12.1. The summed E-state index contributed by atoms with van der Waals surface area (Å²) in [5, 5.41) is 16.7. The molecule has 5 heteroatoms. The second-order valence-corrected chi connectivity index (χ2v) is 6.96. The third-order valence-electron chi connectivity index (χ3n) is 4.42. The molecule has 0 saturated heterocycles. The number of nitrogens with zero attached hydrogens (tertiary/aromatic N) is 2. The highest BCUT2D eigenvalue weighted by molar-refractivity contribution is 5.76. The van der Waals surface area contributed by atoms with Crippen LogP contribution in [-0.2, 0) is 17.8 Å². The summed E-state index contributed by atoms with van der Waals surface area (Å²) in [6.45, 7) is 9.52. The minimum atomic E-state index is 0.0607. The predicted molar refractivity (Wildman–Crippen MR) is 91.1 cm³/mol. The van der Waals surface area contributed by atoms with E-state index in [4.69, 9.17) is 5.11 Å². The molecule has 0 radical (unpaired) electrons. The van der Waals surface area contributed by atoms with Gasteiger partial charge >= 0.3 is 0 Å². The van der Waals surface area contributed by atoms with E-state index in [0.717, 1.165) is 25.1 Å². The second-order valence-electron chi connectivity index (χ2n) is 6.96. The number of aliphatic hydroxyl groups excluding tert-OH is 1. The van der Waals surface area contributed by atoms with Crippen molar-refractivity contribution < 1.29 is 9.90 Å². The molecule has 23 heavy (non-hydrogen) atoms. The molecule has 1 aromatic heterocycles. The maximum absolute atomic E-state index is 12.1. The van der Waals surface area contributed by atoms with Crippen molar-refractivity contribution in [1.82, 2.24) is 15.1 Å². The first-order valence-corrected chi connectivity index (χ1v) is 8.52. The van der Waals surface area contributed by atoms with E-state index >= 15 is 0 Å². The summed E-state index contributed by atoms with van der Waals surface area (Å²) in [6, 6.07) is 0.0607. The van der Waals surface area contributed by atoms with E-state index in [1.165, 1.54) is 11.3 Å². The molecule has 1 aliphatic rings. The van der Waals surface area contributed by atoms with Crippen molar-refractivity contribution in [2.75, 3.05) is 6.61 Å². The molecule has 0 bridgehead atoms. The quantitative estimate of drug-likeness (QED) is 0.757. The molecule has 0 spiro atoms. The minimum Gasteiger partial charge on any atom is -0.396 e. The van der Waals surface area contributed by atoms with E-state index < -0.39 is 0 Å². The lowest BCUT2D eigenvalue weighted by Gasteiger charge is -2.13. The Kier molecular flexibility index (Phi) is 5.99. The normalized spacial score (nSPS) is 20.4. The number of aliphatic hydroxyl groups is 1. The van der Waals surface area contributed by atoms with Gasteiger partial charge in [-0.3, -0.25) is 9.48 Å². The van der Waals surface area contributed by atoms with E-state index in [0.29, 0.717) is 12.3 Å². The summed E-state index contributed by atoms with van der Waals surface area (Å²) in [5.41, 5.74) is 3.39. The van der Waals surface area contributed by atoms with Gasteiger partial charge in [0.25, 0.3) is 0 Å². The summed E-state index contributed by atoms with van der Waals surface area (Å²) >= 11 is 0. The molecular weight excluding hydrogens is 290 g/mol. The van der Waals surface area contributed by atoms with Crippen LogP contribution in [0.2, 0.25) is 0 Å². The molecule has 2 rings (SSSR count). The summed E-state index contributed by atoms with van der Waals surface area (Å²) in [6.07, 6.45) is 5.96. The maximum Gasteiger partial charge on any atom is 0.220 e. The number of carbonyl (C=O) groups excluding carboxylic acids is 1. The van der Waals surface area contributed by atoms with Gasteiger partial charge in [-0.15, -0.1) is 0 Å². The molecule has 2 N–H and O–H groups in total. The van der Waals surface area contributed by atoms with Gasteiger partial charge in [0.05, 0.1) is 5.69 Å². The topological polar surface area (TPSA) is 67.2 Å². The first-order chi connectivity index (χ1) is 10.9. The molecule has 128 valence electrons. The van der Waals surface area contributed by atoms with Gasteiger partial charge in [-0.2, -0.15) is 5.10 Å². The molecule has 0 unspecified atom stereocenters. The number of nitrogens with one attached hydrogen (secondary N) is 1. The average molecular weight is 319 g/mol. The molecular formula is C18H29N3O2. The Morgan fingerprint density at radius 2 is 2.17 bits per heavy atom. The van der Waals surface area contributed by atoms with Gasteiger partial charge in [-0.05, 0) is 38.2 Å². The van der Waals surface area contributed by atoms with Gasteiger partial charge in [0.2, 0.25) is 5.91 Å². The van der Waals surface area contributed by atoms with Crippen molar-refractivity contribution in [2.45, 2.75) is 59.5 Å². The highest BCUT2D eigenvalue weighted by atomic mass is 16.3. The van der Waals surface area contributed by atoms with Crippen LogP contribution in [0, 0.1) is 25.7 Å². The van der Waals surface area contributed by atoms with Crippen LogP contribution in [0.25, 0.3) is 0 Å². The highest BCUT2D eigenvalue weighted by Gasteiger charge is 2.20. The van der Waals surface area contributed by atoms with E-state index in [1.54, 1.807) is 0 Å². The third-order valence-corrected chi connectivity index (χ3v) is 4.42. The Hall–Kier alpha value is -1.62. The van der Waals surface area contributed by atoms with Crippen molar-refractivity contribution in [1.29, 1.82) is 0 Å². The van der Waals surface area contributed by atoms with E-state index in [9.17, 15) is 4.79 Å². The van der Waals surface area contributed by atoms with Crippen molar-refractivity contribution in [3.63, 3.8) is 0 Å². The molecule has 1 aromatic rings. The lowest BCUT2D eigenvalue weighted by molar-refractivity contribution is -0.121. The van der Waals surface area contributed by atoms with Crippen LogP contribution in [0.3, 0.4) is 0 Å². The summed E-state index contributed by atoms with van der Waals surface area (Å²) in [7, 11) is 0. The predicted octanol–water partition coefficient (Wildman–Crippen LogP) is 2.14. The van der Waals surface area contributed by atoms with Crippen molar-refractivity contribution >= 4 is 5.91 Å². The minimum absolute atomic E-state index is 0.0607.